The fourth-order valence-electron chi connectivity index (χ4n) is 1.75. The van der Waals surface area contributed by atoms with Crippen molar-refractivity contribution in [3.63, 3.8) is 0 Å². The molecule has 2 rings (SSSR count). The van der Waals surface area contributed by atoms with Crippen molar-refractivity contribution in [2.45, 2.75) is 26.2 Å². The maximum atomic E-state index is 5.81. The Morgan fingerprint density at radius 1 is 1.06 bits per heavy atom. The molecule has 0 aliphatic heterocycles. The summed E-state index contributed by atoms with van der Waals surface area (Å²) in [6.45, 7) is 3.01. The molecule has 1 aromatic heterocycles. The minimum atomic E-state index is 0.0644. The standard InChI is InChI=1S/C15H18N2O/c1-12(13-6-3-2-4-7-13)18-11-15-9-5-8-14(10-16)17-15/h2-9,12H,10-11,16H2,1H3. The maximum Gasteiger partial charge on any atom is 0.0896 e. The summed E-state index contributed by atoms with van der Waals surface area (Å²) in [6, 6.07) is 16.0. The highest BCUT2D eigenvalue weighted by Gasteiger charge is 2.05. The zero-order valence-corrected chi connectivity index (χ0v) is 10.5. The molecule has 0 aliphatic carbocycles. The molecule has 18 heavy (non-hydrogen) atoms. The number of nitrogens with zero attached hydrogens (tertiary/aromatic N) is 1. The van der Waals surface area contributed by atoms with Crippen molar-refractivity contribution in [3.8, 4) is 0 Å². The molecule has 2 aromatic rings. The molecule has 0 aliphatic rings. The zero-order chi connectivity index (χ0) is 12.8. The highest BCUT2D eigenvalue weighted by atomic mass is 16.5. The Kier molecular flexibility index (Phi) is 4.45. The van der Waals surface area contributed by atoms with Crippen LogP contribution in [-0.2, 0) is 17.9 Å². The van der Waals surface area contributed by atoms with Crippen LogP contribution in [0.25, 0.3) is 0 Å². The largest absolute Gasteiger partial charge is 0.368 e. The van der Waals surface area contributed by atoms with Gasteiger partial charge in [0.15, 0.2) is 0 Å². The third-order valence-electron chi connectivity index (χ3n) is 2.82. The molecule has 0 amide bonds. The highest BCUT2D eigenvalue weighted by Crippen LogP contribution is 2.17. The summed E-state index contributed by atoms with van der Waals surface area (Å²) in [7, 11) is 0. The molecule has 0 saturated carbocycles. The number of ether oxygens (including phenoxy) is 1. The predicted molar refractivity (Wildman–Crippen MR) is 71.8 cm³/mol. The minimum absolute atomic E-state index is 0.0644. The second kappa shape index (κ2) is 6.28. The Morgan fingerprint density at radius 2 is 1.78 bits per heavy atom. The maximum absolute atomic E-state index is 5.81. The Labute approximate surface area is 108 Å². The van der Waals surface area contributed by atoms with E-state index in [4.69, 9.17) is 10.5 Å². The predicted octanol–water partition coefficient (Wildman–Crippen LogP) is 2.82. The number of rotatable bonds is 5. The van der Waals surface area contributed by atoms with Crippen LogP contribution in [0.15, 0.2) is 48.5 Å². The van der Waals surface area contributed by atoms with Crippen LogP contribution in [0.4, 0.5) is 0 Å². The fourth-order valence-corrected chi connectivity index (χ4v) is 1.75. The molecule has 1 heterocycles. The zero-order valence-electron chi connectivity index (χ0n) is 10.5. The van der Waals surface area contributed by atoms with Gasteiger partial charge < -0.3 is 10.5 Å². The molecule has 3 nitrogen and oxygen atoms in total. The minimum Gasteiger partial charge on any atom is -0.368 e. The topological polar surface area (TPSA) is 48.1 Å². The van der Waals surface area contributed by atoms with E-state index in [1.165, 1.54) is 5.56 Å². The molecule has 0 fully saturated rings. The van der Waals surface area contributed by atoms with Crippen molar-refractivity contribution in [2.24, 2.45) is 5.73 Å². The fraction of sp³-hybridized carbons (Fsp3) is 0.267. The normalized spacial score (nSPS) is 12.3. The first-order chi connectivity index (χ1) is 8.79. The van der Waals surface area contributed by atoms with Crippen molar-refractivity contribution in [1.29, 1.82) is 0 Å². The average Bonchev–Trinajstić information content (AvgIpc) is 2.46. The molecule has 3 heteroatoms. The summed E-state index contributed by atoms with van der Waals surface area (Å²) >= 11 is 0. The van der Waals surface area contributed by atoms with E-state index in [0.29, 0.717) is 13.2 Å². The van der Waals surface area contributed by atoms with E-state index in [2.05, 4.69) is 17.1 Å². The lowest BCUT2D eigenvalue weighted by Gasteiger charge is -2.13. The Balaban J connectivity index is 1.95. The van der Waals surface area contributed by atoms with E-state index >= 15 is 0 Å². The smallest absolute Gasteiger partial charge is 0.0896 e. The number of aromatic nitrogens is 1. The Hall–Kier alpha value is -1.71. The average molecular weight is 242 g/mol. The van der Waals surface area contributed by atoms with Crippen LogP contribution < -0.4 is 5.73 Å². The van der Waals surface area contributed by atoms with Gasteiger partial charge >= 0.3 is 0 Å². The summed E-state index contributed by atoms with van der Waals surface area (Å²) in [5.41, 5.74) is 8.55. The van der Waals surface area contributed by atoms with Crippen LogP contribution >= 0.6 is 0 Å². The van der Waals surface area contributed by atoms with Crippen molar-refractivity contribution >= 4 is 0 Å². The molecule has 1 aromatic carbocycles. The van der Waals surface area contributed by atoms with E-state index in [1.807, 2.05) is 43.3 Å². The SMILES string of the molecule is CC(OCc1cccc(CN)n1)c1ccccc1. The van der Waals surface area contributed by atoms with Gasteiger partial charge in [-0.05, 0) is 24.6 Å². The number of hydrogen-bond donors (Lipinski definition) is 1. The van der Waals surface area contributed by atoms with Crippen molar-refractivity contribution in [3.05, 3.63) is 65.5 Å². The molecule has 0 spiro atoms. The van der Waals surface area contributed by atoms with E-state index in [1.54, 1.807) is 0 Å². The van der Waals surface area contributed by atoms with Crippen molar-refractivity contribution in [1.82, 2.24) is 4.98 Å². The van der Waals surface area contributed by atoms with E-state index in [9.17, 15) is 0 Å². The second-order valence-corrected chi connectivity index (χ2v) is 4.19. The van der Waals surface area contributed by atoms with Gasteiger partial charge in [0.05, 0.1) is 24.1 Å². The van der Waals surface area contributed by atoms with Gasteiger partial charge in [-0.1, -0.05) is 36.4 Å². The first-order valence-electron chi connectivity index (χ1n) is 6.11. The number of hydrogen-bond acceptors (Lipinski definition) is 3. The number of pyridine rings is 1. The molecule has 0 saturated heterocycles. The molecular weight excluding hydrogens is 224 g/mol. The lowest BCUT2D eigenvalue weighted by Crippen LogP contribution is -2.05. The van der Waals surface area contributed by atoms with Crippen LogP contribution in [0, 0.1) is 0 Å². The van der Waals surface area contributed by atoms with Gasteiger partial charge in [0.1, 0.15) is 0 Å². The van der Waals surface area contributed by atoms with E-state index in [0.717, 1.165) is 11.4 Å². The van der Waals surface area contributed by atoms with Crippen LogP contribution in [-0.4, -0.2) is 4.98 Å². The summed E-state index contributed by atoms with van der Waals surface area (Å²) in [4.78, 5) is 4.41. The summed E-state index contributed by atoms with van der Waals surface area (Å²) in [5.74, 6) is 0. The van der Waals surface area contributed by atoms with Crippen LogP contribution in [0.5, 0.6) is 0 Å². The Bertz CT molecular complexity index is 485. The van der Waals surface area contributed by atoms with Gasteiger partial charge in [-0.2, -0.15) is 0 Å². The Morgan fingerprint density at radius 3 is 2.50 bits per heavy atom. The van der Waals surface area contributed by atoms with Gasteiger partial charge in [-0.25, -0.2) is 0 Å². The van der Waals surface area contributed by atoms with Crippen molar-refractivity contribution in [2.75, 3.05) is 0 Å². The second-order valence-electron chi connectivity index (χ2n) is 4.19. The molecule has 2 N–H and O–H groups in total. The lowest BCUT2D eigenvalue weighted by atomic mass is 10.1. The first kappa shape index (κ1) is 12.7. The summed E-state index contributed by atoms with van der Waals surface area (Å²) < 4.78 is 5.81. The van der Waals surface area contributed by atoms with E-state index < -0.39 is 0 Å². The van der Waals surface area contributed by atoms with Crippen LogP contribution in [0.2, 0.25) is 0 Å². The van der Waals surface area contributed by atoms with Crippen molar-refractivity contribution < 1.29 is 4.74 Å². The highest BCUT2D eigenvalue weighted by molar-refractivity contribution is 5.17. The molecule has 0 radical (unpaired) electrons. The number of benzene rings is 1. The van der Waals surface area contributed by atoms with Gasteiger partial charge in [0, 0.05) is 6.54 Å². The van der Waals surface area contributed by atoms with E-state index in [-0.39, 0.29) is 6.10 Å². The summed E-state index contributed by atoms with van der Waals surface area (Å²) in [6.07, 6.45) is 0.0644. The molecule has 1 atom stereocenters. The molecule has 94 valence electrons. The third-order valence-corrected chi connectivity index (χ3v) is 2.82. The molecule has 0 bridgehead atoms. The van der Waals surface area contributed by atoms with Crippen LogP contribution in [0.1, 0.15) is 30.0 Å². The monoisotopic (exact) mass is 242 g/mol. The molecule has 1 unspecified atom stereocenters. The molecular formula is C15H18N2O. The van der Waals surface area contributed by atoms with Gasteiger partial charge in [-0.3, -0.25) is 4.98 Å². The van der Waals surface area contributed by atoms with Gasteiger partial charge in [0.25, 0.3) is 0 Å². The summed E-state index contributed by atoms with van der Waals surface area (Å²) in [5, 5.41) is 0. The van der Waals surface area contributed by atoms with Gasteiger partial charge in [0.2, 0.25) is 0 Å². The lowest BCUT2D eigenvalue weighted by molar-refractivity contribution is 0.0504. The van der Waals surface area contributed by atoms with Gasteiger partial charge in [-0.15, -0.1) is 0 Å². The van der Waals surface area contributed by atoms with Crippen LogP contribution in [0.3, 0.4) is 0 Å². The quantitative estimate of drug-likeness (QED) is 0.877. The first-order valence-corrected chi connectivity index (χ1v) is 6.11. The number of nitrogens with two attached hydrogens (primary N) is 1. The third kappa shape index (κ3) is 3.39.